The Labute approximate surface area is 165 Å². The van der Waals surface area contributed by atoms with Gasteiger partial charge in [0.2, 0.25) is 5.91 Å². The minimum absolute atomic E-state index is 0.0289. The van der Waals surface area contributed by atoms with Gasteiger partial charge in [0.15, 0.2) is 0 Å². The van der Waals surface area contributed by atoms with Crippen molar-refractivity contribution in [2.75, 3.05) is 26.2 Å². The predicted octanol–water partition coefficient (Wildman–Crippen LogP) is 4.06. The van der Waals surface area contributed by atoms with Crippen LogP contribution in [0.15, 0.2) is 22.7 Å². The molecule has 2 heterocycles. The molecule has 2 saturated heterocycles. The largest absolute Gasteiger partial charge is 0.507 e. The maximum atomic E-state index is 12.8. The van der Waals surface area contributed by atoms with Crippen LogP contribution in [0.3, 0.4) is 0 Å². The predicted molar refractivity (Wildman–Crippen MR) is 108 cm³/mol. The number of phenolic OH excluding ortho intramolecular Hbond substituents is 1. The van der Waals surface area contributed by atoms with E-state index in [1.54, 1.807) is 6.07 Å². The number of piperidine rings is 2. The van der Waals surface area contributed by atoms with Gasteiger partial charge in [-0.05, 0) is 84.7 Å². The molecule has 0 radical (unpaired) electrons. The molecule has 3 rings (SSSR count). The molecule has 4 nitrogen and oxygen atoms in total. The summed E-state index contributed by atoms with van der Waals surface area (Å²) in [5.41, 5.74) is 1.08. The standard InChI is InChI=1S/C21H31BrN2O2/c1-15-5-9-23(10-6-15)18-7-11-24(12-8-18)21(26)16(2)13-17-3-4-20(25)19(22)14-17/h3-4,14-16,18,25H,5-13H2,1-2H3/t16-/m1/s1. The van der Waals surface area contributed by atoms with E-state index in [1.807, 2.05) is 19.1 Å². The number of hydrogen-bond acceptors (Lipinski definition) is 3. The number of amides is 1. The molecule has 2 fully saturated rings. The fourth-order valence-electron chi connectivity index (χ4n) is 4.28. The Morgan fingerprint density at radius 3 is 2.46 bits per heavy atom. The van der Waals surface area contributed by atoms with Gasteiger partial charge in [-0.3, -0.25) is 4.79 Å². The molecule has 0 saturated carbocycles. The second-order valence-corrected chi connectivity index (χ2v) is 9.02. The first-order valence-electron chi connectivity index (χ1n) is 9.94. The number of phenols is 1. The number of nitrogens with zero attached hydrogens (tertiary/aromatic N) is 2. The first kappa shape index (κ1) is 19.7. The molecular weight excluding hydrogens is 392 g/mol. The van der Waals surface area contributed by atoms with Gasteiger partial charge in [0.25, 0.3) is 0 Å². The number of hydrogen-bond donors (Lipinski definition) is 1. The average molecular weight is 423 g/mol. The lowest BCUT2D eigenvalue weighted by Gasteiger charge is -2.41. The highest BCUT2D eigenvalue weighted by molar-refractivity contribution is 9.10. The zero-order valence-corrected chi connectivity index (χ0v) is 17.5. The number of likely N-dealkylation sites (tertiary alicyclic amines) is 2. The number of carbonyl (C=O) groups excluding carboxylic acids is 1. The third kappa shape index (κ3) is 4.80. The Bertz CT molecular complexity index is 620. The van der Waals surface area contributed by atoms with Crippen LogP contribution in [-0.2, 0) is 11.2 Å². The molecule has 0 aliphatic carbocycles. The van der Waals surface area contributed by atoms with Crippen molar-refractivity contribution in [3.8, 4) is 5.75 Å². The van der Waals surface area contributed by atoms with Crippen LogP contribution >= 0.6 is 15.9 Å². The highest BCUT2D eigenvalue weighted by Crippen LogP contribution is 2.27. The Kier molecular flexibility index (Phi) is 6.62. The molecule has 5 heteroatoms. The topological polar surface area (TPSA) is 43.8 Å². The maximum Gasteiger partial charge on any atom is 0.225 e. The van der Waals surface area contributed by atoms with Gasteiger partial charge in [-0.2, -0.15) is 0 Å². The molecule has 0 bridgehead atoms. The van der Waals surface area contributed by atoms with Gasteiger partial charge in [-0.25, -0.2) is 0 Å². The van der Waals surface area contributed by atoms with E-state index in [0.717, 1.165) is 37.4 Å². The van der Waals surface area contributed by atoms with Crippen molar-refractivity contribution in [1.29, 1.82) is 0 Å². The van der Waals surface area contributed by atoms with Crippen molar-refractivity contribution in [2.45, 2.75) is 52.0 Å². The van der Waals surface area contributed by atoms with Crippen molar-refractivity contribution < 1.29 is 9.90 Å². The van der Waals surface area contributed by atoms with E-state index in [9.17, 15) is 9.90 Å². The molecule has 1 atom stereocenters. The molecule has 144 valence electrons. The summed E-state index contributed by atoms with van der Waals surface area (Å²) in [4.78, 5) is 17.5. The molecule has 0 spiro atoms. The zero-order chi connectivity index (χ0) is 18.7. The number of aromatic hydroxyl groups is 1. The van der Waals surface area contributed by atoms with E-state index in [-0.39, 0.29) is 17.6 Å². The minimum Gasteiger partial charge on any atom is -0.507 e. The number of halogens is 1. The highest BCUT2D eigenvalue weighted by atomic mass is 79.9. The Morgan fingerprint density at radius 1 is 1.19 bits per heavy atom. The lowest BCUT2D eigenvalue weighted by molar-refractivity contribution is -0.136. The van der Waals surface area contributed by atoms with Gasteiger partial charge in [0, 0.05) is 25.0 Å². The van der Waals surface area contributed by atoms with E-state index in [1.165, 1.54) is 25.9 Å². The van der Waals surface area contributed by atoms with Gasteiger partial charge >= 0.3 is 0 Å². The summed E-state index contributed by atoms with van der Waals surface area (Å²) < 4.78 is 0.686. The summed E-state index contributed by atoms with van der Waals surface area (Å²) in [6.07, 6.45) is 5.56. The molecule has 2 aliphatic heterocycles. The molecule has 1 aromatic rings. The van der Waals surface area contributed by atoms with E-state index in [2.05, 4.69) is 32.7 Å². The molecule has 1 aromatic carbocycles. The van der Waals surface area contributed by atoms with Gasteiger partial charge < -0.3 is 14.9 Å². The van der Waals surface area contributed by atoms with E-state index >= 15 is 0 Å². The fourth-order valence-corrected chi connectivity index (χ4v) is 4.70. The molecule has 2 aliphatic rings. The van der Waals surface area contributed by atoms with Gasteiger partial charge in [0.1, 0.15) is 5.75 Å². The van der Waals surface area contributed by atoms with E-state index in [4.69, 9.17) is 0 Å². The molecule has 26 heavy (non-hydrogen) atoms. The Hall–Kier alpha value is -1.07. The lowest BCUT2D eigenvalue weighted by atomic mass is 9.94. The SMILES string of the molecule is CC1CCN(C2CCN(C(=O)[C@H](C)Cc3ccc(O)c(Br)c3)CC2)CC1. The quantitative estimate of drug-likeness (QED) is 0.795. The van der Waals surface area contributed by atoms with Crippen LogP contribution < -0.4 is 0 Å². The molecule has 0 aromatic heterocycles. The lowest BCUT2D eigenvalue weighted by Crippen LogP contribution is -2.49. The highest BCUT2D eigenvalue weighted by Gasteiger charge is 2.30. The Balaban J connectivity index is 1.48. The molecule has 0 unspecified atom stereocenters. The maximum absolute atomic E-state index is 12.8. The van der Waals surface area contributed by atoms with Crippen LogP contribution in [0.2, 0.25) is 0 Å². The summed E-state index contributed by atoms with van der Waals surface area (Å²) in [7, 11) is 0. The van der Waals surface area contributed by atoms with Crippen LogP contribution in [-0.4, -0.2) is 53.0 Å². The van der Waals surface area contributed by atoms with Crippen molar-refractivity contribution in [2.24, 2.45) is 11.8 Å². The number of rotatable bonds is 4. The molecular formula is C21H31BrN2O2. The van der Waals surface area contributed by atoms with E-state index < -0.39 is 0 Å². The van der Waals surface area contributed by atoms with Gasteiger partial charge in [0.05, 0.1) is 4.47 Å². The smallest absolute Gasteiger partial charge is 0.225 e. The third-order valence-corrected chi connectivity index (χ3v) is 6.72. The van der Waals surface area contributed by atoms with Gasteiger partial charge in [-0.1, -0.05) is 19.9 Å². The summed E-state index contributed by atoms with van der Waals surface area (Å²) >= 11 is 3.35. The van der Waals surface area contributed by atoms with Crippen molar-refractivity contribution in [1.82, 2.24) is 9.80 Å². The van der Waals surface area contributed by atoms with Crippen LogP contribution in [0.4, 0.5) is 0 Å². The van der Waals surface area contributed by atoms with Crippen molar-refractivity contribution >= 4 is 21.8 Å². The summed E-state index contributed by atoms with van der Waals surface area (Å²) in [6, 6.07) is 6.15. The normalized spacial score (nSPS) is 21.7. The van der Waals surface area contributed by atoms with Crippen LogP contribution in [0.5, 0.6) is 5.75 Å². The van der Waals surface area contributed by atoms with E-state index in [0.29, 0.717) is 16.9 Å². The average Bonchev–Trinajstić information content (AvgIpc) is 2.65. The third-order valence-electron chi connectivity index (χ3n) is 6.09. The zero-order valence-electron chi connectivity index (χ0n) is 16.0. The van der Waals surface area contributed by atoms with Crippen molar-refractivity contribution in [3.63, 3.8) is 0 Å². The second kappa shape index (κ2) is 8.75. The first-order chi connectivity index (χ1) is 12.4. The van der Waals surface area contributed by atoms with Crippen LogP contribution in [0.25, 0.3) is 0 Å². The molecule has 1 amide bonds. The Morgan fingerprint density at radius 2 is 1.85 bits per heavy atom. The van der Waals surface area contributed by atoms with Crippen molar-refractivity contribution in [3.05, 3.63) is 28.2 Å². The monoisotopic (exact) mass is 422 g/mol. The van der Waals surface area contributed by atoms with Crippen LogP contribution in [0, 0.1) is 11.8 Å². The van der Waals surface area contributed by atoms with Crippen LogP contribution in [0.1, 0.15) is 45.1 Å². The summed E-state index contributed by atoms with van der Waals surface area (Å²) in [6.45, 7) is 8.60. The second-order valence-electron chi connectivity index (χ2n) is 8.17. The summed E-state index contributed by atoms with van der Waals surface area (Å²) in [5, 5.41) is 9.61. The number of benzene rings is 1. The first-order valence-corrected chi connectivity index (χ1v) is 10.7. The number of carbonyl (C=O) groups is 1. The van der Waals surface area contributed by atoms with Gasteiger partial charge in [-0.15, -0.1) is 0 Å². The fraction of sp³-hybridized carbons (Fsp3) is 0.667. The molecule has 1 N–H and O–H groups in total. The minimum atomic E-state index is -0.0289. The summed E-state index contributed by atoms with van der Waals surface area (Å²) in [5.74, 6) is 1.34.